The molecule has 0 unspecified atom stereocenters. The predicted octanol–water partition coefficient (Wildman–Crippen LogP) is 1.94. The van der Waals surface area contributed by atoms with Crippen molar-refractivity contribution in [3.8, 4) is 0 Å². The molecule has 0 saturated carbocycles. The van der Waals surface area contributed by atoms with Crippen molar-refractivity contribution in [2.75, 3.05) is 18.1 Å². The first kappa shape index (κ1) is 13.8. The number of hydrogen-bond acceptors (Lipinski definition) is 3. The third kappa shape index (κ3) is 3.45. The number of ether oxygens (including phenoxy) is 1. The molecule has 5 nitrogen and oxygen atoms in total. The van der Waals surface area contributed by atoms with Crippen molar-refractivity contribution in [1.82, 2.24) is 0 Å². The largest absolute Gasteiger partial charge is 0.480 e. The van der Waals surface area contributed by atoms with E-state index in [-0.39, 0.29) is 5.91 Å². The second-order valence-corrected chi connectivity index (χ2v) is 4.74. The van der Waals surface area contributed by atoms with Crippen LogP contribution < -0.4 is 4.90 Å². The summed E-state index contributed by atoms with van der Waals surface area (Å²) in [7, 11) is 0. The average molecular weight is 284 g/mol. The molecule has 19 heavy (non-hydrogen) atoms. The van der Waals surface area contributed by atoms with Gasteiger partial charge in [0.15, 0.2) is 0 Å². The summed E-state index contributed by atoms with van der Waals surface area (Å²) in [5.74, 6) is -1.41. The van der Waals surface area contributed by atoms with Crippen molar-refractivity contribution in [3.63, 3.8) is 0 Å². The molecule has 6 heteroatoms. The highest BCUT2D eigenvalue weighted by Gasteiger charge is 2.30. The summed E-state index contributed by atoms with van der Waals surface area (Å²) in [5, 5.41) is 9.39. The minimum Gasteiger partial charge on any atom is -0.480 e. The molecule has 0 bridgehead atoms. The average Bonchev–Trinajstić information content (AvgIpc) is 2.88. The second kappa shape index (κ2) is 6.04. The topological polar surface area (TPSA) is 66.8 Å². The van der Waals surface area contributed by atoms with E-state index < -0.39 is 18.6 Å². The van der Waals surface area contributed by atoms with Crippen molar-refractivity contribution < 1.29 is 19.4 Å². The highest BCUT2D eigenvalue weighted by molar-refractivity contribution is 6.31. The molecule has 0 aliphatic carbocycles. The number of nitrogens with zero attached hydrogens (tertiary/aromatic N) is 1. The summed E-state index contributed by atoms with van der Waals surface area (Å²) in [6, 6.07) is 6.56. The Labute approximate surface area is 115 Å². The lowest BCUT2D eigenvalue weighted by Crippen LogP contribution is -2.42. The Balaban J connectivity index is 2.24. The first-order valence-electron chi connectivity index (χ1n) is 5.98. The Bertz CT molecular complexity index is 485. The smallest absolute Gasteiger partial charge is 0.323 e. The molecule has 1 N–H and O–H groups in total. The fraction of sp³-hybridized carbons (Fsp3) is 0.385. The summed E-state index contributed by atoms with van der Waals surface area (Å²) in [5.41, 5.74) is 0.468. The van der Waals surface area contributed by atoms with Gasteiger partial charge in [0.2, 0.25) is 0 Å². The van der Waals surface area contributed by atoms with E-state index in [9.17, 15) is 9.59 Å². The SMILES string of the molecule is O=C(O)CN(C(=O)[C@@H]1CCCO1)c1cccc(Cl)c1. The summed E-state index contributed by atoms with van der Waals surface area (Å²) in [4.78, 5) is 24.4. The van der Waals surface area contributed by atoms with E-state index in [0.717, 1.165) is 6.42 Å². The van der Waals surface area contributed by atoms with Crippen LogP contribution in [0.25, 0.3) is 0 Å². The summed E-state index contributed by atoms with van der Waals surface area (Å²) in [6.45, 7) is 0.131. The van der Waals surface area contributed by atoms with Crippen LogP contribution >= 0.6 is 11.6 Å². The lowest BCUT2D eigenvalue weighted by atomic mass is 10.2. The van der Waals surface area contributed by atoms with Crippen LogP contribution in [-0.4, -0.2) is 36.2 Å². The zero-order chi connectivity index (χ0) is 13.8. The summed E-state index contributed by atoms with van der Waals surface area (Å²) < 4.78 is 5.31. The number of benzene rings is 1. The van der Waals surface area contributed by atoms with E-state index in [1.54, 1.807) is 24.3 Å². The van der Waals surface area contributed by atoms with Crippen molar-refractivity contribution in [1.29, 1.82) is 0 Å². The lowest BCUT2D eigenvalue weighted by molar-refractivity contribution is -0.137. The third-order valence-electron chi connectivity index (χ3n) is 2.88. The lowest BCUT2D eigenvalue weighted by Gasteiger charge is -2.23. The van der Waals surface area contributed by atoms with E-state index >= 15 is 0 Å². The van der Waals surface area contributed by atoms with Gasteiger partial charge in [-0.1, -0.05) is 17.7 Å². The van der Waals surface area contributed by atoms with Gasteiger partial charge >= 0.3 is 5.97 Å². The van der Waals surface area contributed by atoms with Gasteiger partial charge in [-0.15, -0.1) is 0 Å². The minimum atomic E-state index is -1.08. The van der Waals surface area contributed by atoms with Gasteiger partial charge in [0.25, 0.3) is 5.91 Å². The first-order chi connectivity index (χ1) is 9.08. The van der Waals surface area contributed by atoms with E-state index in [4.69, 9.17) is 21.4 Å². The zero-order valence-corrected chi connectivity index (χ0v) is 11.0. The van der Waals surface area contributed by atoms with Gasteiger partial charge in [0.1, 0.15) is 12.6 Å². The molecule has 2 rings (SSSR count). The summed E-state index contributed by atoms with van der Waals surface area (Å²) >= 11 is 5.87. The number of halogens is 1. The van der Waals surface area contributed by atoms with Crippen LogP contribution in [-0.2, 0) is 14.3 Å². The minimum absolute atomic E-state index is 0.331. The molecule has 1 heterocycles. The number of carboxylic acid groups (broad SMARTS) is 1. The number of carbonyl (C=O) groups excluding carboxylic acids is 1. The van der Waals surface area contributed by atoms with Gasteiger partial charge in [0, 0.05) is 17.3 Å². The Morgan fingerprint density at radius 1 is 1.47 bits per heavy atom. The number of anilines is 1. The Hall–Kier alpha value is -1.59. The number of carbonyl (C=O) groups is 2. The second-order valence-electron chi connectivity index (χ2n) is 4.30. The maximum absolute atomic E-state index is 12.3. The van der Waals surface area contributed by atoms with E-state index in [1.807, 2.05) is 0 Å². The molecule has 102 valence electrons. The molecule has 1 aromatic rings. The molecule has 1 amide bonds. The first-order valence-corrected chi connectivity index (χ1v) is 6.36. The van der Waals surface area contributed by atoms with E-state index in [0.29, 0.717) is 23.7 Å². The Morgan fingerprint density at radius 2 is 2.26 bits per heavy atom. The quantitative estimate of drug-likeness (QED) is 0.917. The maximum Gasteiger partial charge on any atom is 0.323 e. The third-order valence-corrected chi connectivity index (χ3v) is 3.12. The number of rotatable bonds is 4. The summed E-state index contributed by atoms with van der Waals surface area (Å²) in [6.07, 6.45) is 0.876. The molecule has 1 aliphatic heterocycles. The normalized spacial score (nSPS) is 18.3. The molecule has 0 aromatic heterocycles. The number of carboxylic acids is 1. The van der Waals surface area contributed by atoms with Gasteiger partial charge in [-0.05, 0) is 31.0 Å². The molecular formula is C13H14ClNO4. The van der Waals surface area contributed by atoms with Crippen LogP contribution in [0.1, 0.15) is 12.8 Å². The highest BCUT2D eigenvalue weighted by Crippen LogP contribution is 2.23. The van der Waals surface area contributed by atoms with Crippen molar-refractivity contribution >= 4 is 29.2 Å². The molecule has 1 atom stereocenters. The van der Waals surface area contributed by atoms with Crippen LogP contribution in [0, 0.1) is 0 Å². The van der Waals surface area contributed by atoms with E-state index in [2.05, 4.69) is 0 Å². The van der Waals surface area contributed by atoms with Gasteiger partial charge < -0.3 is 9.84 Å². The fourth-order valence-electron chi connectivity index (χ4n) is 2.02. The number of amides is 1. The Morgan fingerprint density at radius 3 is 2.84 bits per heavy atom. The molecule has 1 fully saturated rings. The van der Waals surface area contributed by atoms with E-state index in [1.165, 1.54) is 4.90 Å². The molecular weight excluding hydrogens is 270 g/mol. The van der Waals surface area contributed by atoms with Gasteiger partial charge in [0.05, 0.1) is 0 Å². The number of hydrogen-bond donors (Lipinski definition) is 1. The highest BCUT2D eigenvalue weighted by atomic mass is 35.5. The van der Waals surface area contributed by atoms with Crippen LogP contribution in [0.4, 0.5) is 5.69 Å². The standard InChI is InChI=1S/C13H14ClNO4/c14-9-3-1-4-10(7-9)15(8-12(16)17)13(18)11-5-2-6-19-11/h1,3-4,7,11H,2,5-6,8H2,(H,16,17)/t11-/m0/s1. The zero-order valence-electron chi connectivity index (χ0n) is 10.2. The number of aliphatic carboxylic acids is 1. The van der Waals surface area contributed by atoms with Crippen LogP contribution in [0.15, 0.2) is 24.3 Å². The molecule has 1 aliphatic rings. The monoisotopic (exact) mass is 283 g/mol. The van der Waals surface area contributed by atoms with Crippen molar-refractivity contribution in [3.05, 3.63) is 29.3 Å². The molecule has 1 saturated heterocycles. The fourth-order valence-corrected chi connectivity index (χ4v) is 2.21. The molecule has 0 radical (unpaired) electrons. The van der Waals surface area contributed by atoms with Gasteiger partial charge in [-0.25, -0.2) is 0 Å². The molecule has 0 spiro atoms. The van der Waals surface area contributed by atoms with Crippen LogP contribution in [0.5, 0.6) is 0 Å². The van der Waals surface area contributed by atoms with Crippen LogP contribution in [0.2, 0.25) is 5.02 Å². The molecule has 1 aromatic carbocycles. The van der Waals surface area contributed by atoms with Gasteiger partial charge in [-0.2, -0.15) is 0 Å². The maximum atomic E-state index is 12.3. The Kier molecular flexibility index (Phi) is 4.39. The van der Waals surface area contributed by atoms with Crippen LogP contribution in [0.3, 0.4) is 0 Å². The van der Waals surface area contributed by atoms with Crippen molar-refractivity contribution in [2.24, 2.45) is 0 Å². The van der Waals surface area contributed by atoms with Gasteiger partial charge in [-0.3, -0.25) is 14.5 Å². The predicted molar refractivity (Wildman–Crippen MR) is 70.4 cm³/mol. The van der Waals surface area contributed by atoms with Crippen molar-refractivity contribution in [2.45, 2.75) is 18.9 Å².